The summed E-state index contributed by atoms with van der Waals surface area (Å²) in [6.45, 7) is 12.3. The van der Waals surface area contributed by atoms with Crippen molar-refractivity contribution in [2.75, 3.05) is 0 Å². The fourth-order valence-electron chi connectivity index (χ4n) is 3.67. The number of rotatable bonds is 6. The molecule has 0 saturated heterocycles. The number of benzene rings is 2. The van der Waals surface area contributed by atoms with Gasteiger partial charge < -0.3 is 8.83 Å². The van der Waals surface area contributed by atoms with Crippen molar-refractivity contribution in [2.24, 2.45) is 0 Å². The molecule has 31 heavy (non-hydrogen) atoms. The fraction of sp³-hybridized carbons (Fsp3) is 0.143. The van der Waals surface area contributed by atoms with E-state index in [9.17, 15) is 0 Å². The first kappa shape index (κ1) is 21.1. The predicted octanol–water partition coefficient (Wildman–Crippen LogP) is 9.26. The van der Waals surface area contributed by atoms with Crippen LogP contribution in [-0.2, 0) is 0 Å². The highest BCUT2D eigenvalue weighted by Gasteiger charge is 2.14. The van der Waals surface area contributed by atoms with E-state index >= 15 is 0 Å². The maximum atomic E-state index is 6.05. The van der Waals surface area contributed by atoms with Gasteiger partial charge in [-0.15, -0.1) is 0 Å². The monoisotopic (exact) mass is 426 g/mol. The lowest BCUT2D eigenvalue weighted by molar-refractivity contribution is 0.524. The molecule has 2 aromatic heterocycles. The summed E-state index contributed by atoms with van der Waals surface area (Å²) in [6.07, 6.45) is 10.2. The molecule has 0 aliphatic heterocycles. The second-order valence-corrected chi connectivity index (χ2v) is 8.83. The average molecular weight is 427 g/mol. The van der Waals surface area contributed by atoms with Crippen LogP contribution in [0, 0.1) is 6.92 Å². The molecule has 0 amide bonds. The molecule has 0 fully saturated rings. The topological polar surface area (TPSA) is 26.3 Å². The molecular formula is C28H26O2S. The van der Waals surface area contributed by atoms with Crippen molar-refractivity contribution >= 4 is 51.9 Å². The summed E-state index contributed by atoms with van der Waals surface area (Å²) in [6, 6.07) is 14.5. The van der Waals surface area contributed by atoms with Gasteiger partial charge in [0.25, 0.3) is 0 Å². The van der Waals surface area contributed by atoms with E-state index < -0.39 is 0 Å². The molecule has 0 radical (unpaired) electrons. The van der Waals surface area contributed by atoms with Gasteiger partial charge in [0.05, 0.1) is 0 Å². The Balaban J connectivity index is 1.75. The van der Waals surface area contributed by atoms with Crippen LogP contribution in [0.1, 0.15) is 43.4 Å². The lowest BCUT2D eigenvalue weighted by Gasteiger charge is -2.04. The van der Waals surface area contributed by atoms with Crippen LogP contribution in [0.5, 0.6) is 0 Å². The smallest absolute Gasteiger partial charge is 0.135 e. The summed E-state index contributed by atoms with van der Waals surface area (Å²) >= 11 is 1.69. The van der Waals surface area contributed by atoms with E-state index in [0.717, 1.165) is 54.4 Å². The number of furan rings is 2. The zero-order valence-corrected chi connectivity index (χ0v) is 19.2. The first-order valence-electron chi connectivity index (χ1n) is 10.3. The Hall–Kier alpha value is -3.17. The van der Waals surface area contributed by atoms with Crippen molar-refractivity contribution in [1.82, 2.24) is 0 Å². The van der Waals surface area contributed by atoms with Crippen molar-refractivity contribution in [3.8, 4) is 0 Å². The van der Waals surface area contributed by atoms with Crippen molar-refractivity contribution in [3.05, 3.63) is 94.3 Å². The molecule has 2 aromatic carbocycles. The van der Waals surface area contributed by atoms with Crippen LogP contribution >= 0.6 is 11.8 Å². The van der Waals surface area contributed by atoms with Crippen LogP contribution in [0.4, 0.5) is 0 Å². The van der Waals surface area contributed by atoms with Gasteiger partial charge >= 0.3 is 0 Å². The number of para-hydroxylation sites is 1. The highest BCUT2D eigenvalue weighted by atomic mass is 32.2. The normalized spacial score (nSPS) is 12.2. The SMILES string of the molecule is C=C/C(=C\c1c(C)oc(/C=C\C)c1C=C(C)C)Sc1ccc2oc3ccccc3c2c1. The third kappa shape index (κ3) is 4.33. The number of aryl methyl sites for hydroxylation is 1. The van der Waals surface area contributed by atoms with Gasteiger partial charge in [0, 0.05) is 31.7 Å². The summed E-state index contributed by atoms with van der Waals surface area (Å²) in [5.41, 5.74) is 5.24. The molecule has 0 spiro atoms. The first-order chi connectivity index (χ1) is 15.0. The Labute approximate surface area is 187 Å². The Morgan fingerprint density at radius 1 is 0.935 bits per heavy atom. The molecule has 2 nitrogen and oxygen atoms in total. The van der Waals surface area contributed by atoms with Gasteiger partial charge in [0.2, 0.25) is 0 Å². The van der Waals surface area contributed by atoms with Gasteiger partial charge in [-0.3, -0.25) is 0 Å². The summed E-state index contributed by atoms with van der Waals surface area (Å²) in [5.74, 6) is 1.78. The largest absolute Gasteiger partial charge is 0.461 e. The molecule has 0 unspecified atom stereocenters. The molecule has 0 bridgehead atoms. The maximum absolute atomic E-state index is 6.05. The molecule has 0 N–H and O–H groups in total. The minimum absolute atomic E-state index is 0.882. The fourth-order valence-corrected chi connectivity index (χ4v) is 4.51. The molecule has 0 aliphatic carbocycles. The van der Waals surface area contributed by atoms with Crippen LogP contribution < -0.4 is 0 Å². The van der Waals surface area contributed by atoms with Crippen LogP contribution in [0.25, 0.3) is 40.2 Å². The van der Waals surface area contributed by atoms with Gasteiger partial charge in [0.15, 0.2) is 0 Å². The number of hydrogen-bond donors (Lipinski definition) is 0. The third-order valence-electron chi connectivity index (χ3n) is 5.02. The van der Waals surface area contributed by atoms with Crippen molar-refractivity contribution in [1.29, 1.82) is 0 Å². The first-order valence-corrected chi connectivity index (χ1v) is 11.2. The molecule has 3 heteroatoms. The van der Waals surface area contributed by atoms with E-state index in [1.807, 2.05) is 56.3 Å². The standard InChI is InChI=1S/C28H26O2S/c1-6-10-26-24(15-18(3)4)23(19(5)29-26)16-20(7-2)31-21-13-14-28-25(17-21)22-11-8-9-12-27(22)30-28/h6-17H,2H2,1,3-5H3/b10-6-,20-16+. The van der Waals surface area contributed by atoms with Gasteiger partial charge in [-0.05, 0) is 64.1 Å². The molecule has 0 atom stereocenters. The Morgan fingerprint density at radius 3 is 2.45 bits per heavy atom. The van der Waals surface area contributed by atoms with E-state index in [1.165, 1.54) is 5.57 Å². The Morgan fingerprint density at radius 2 is 1.71 bits per heavy atom. The Bertz CT molecular complexity index is 1350. The van der Waals surface area contributed by atoms with E-state index in [2.05, 4.69) is 50.8 Å². The molecule has 4 rings (SSSR count). The second-order valence-electron chi connectivity index (χ2n) is 7.68. The summed E-state index contributed by atoms with van der Waals surface area (Å²) in [4.78, 5) is 2.20. The Kier molecular flexibility index (Phi) is 6.06. The maximum Gasteiger partial charge on any atom is 0.135 e. The highest BCUT2D eigenvalue weighted by molar-refractivity contribution is 8.03. The molecule has 0 aliphatic rings. The lowest BCUT2D eigenvalue weighted by atomic mass is 10.1. The van der Waals surface area contributed by atoms with Crippen LogP contribution in [0.3, 0.4) is 0 Å². The number of thioether (sulfide) groups is 1. The highest BCUT2D eigenvalue weighted by Crippen LogP contribution is 2.37. The predicted molar refractivity (Wildman–Crippen MR) is 135 cm³/mol. The van der Waals surface area contributed by atoms with Gasteiger partial charge in [-0.25, -0.2) is 0 Å². The number of fused-ring (bicyclic) bond motifs is 3. The van der Waals surface area contributed by atoms with Crippen molar-refractivity contribution in [2.45, 2.75) is 32.6 Å². The van der Waals surface area contributed by atoms with Crippen LogP contribution in [0.15, 0.2) is 85.4 Å². The molecule has 4 aromatic rings. The summed E-state index contributed by atoms with van der Waals surface area (Å²) in [7, 11) is 0. The number of hydrogen-bond acceptors (Lipinski definition) is 3. The van der Waals surface area contributed by atoms with Gasteiger partial charge in [-0.1, -0.05) is 60.3 Å². The zero-order chi connectivity index (χ0) is 22.0. The van der Waals surface area contributed by atoms with Crippen LogP contribution in [0.2, 0.25) is 0 Å². The average Bonchev–Trinajstić information content (AvgIpc) is 3.25. The minimum atomic E-state index is 0.882. The van der Waals surface area contributed by atoms with E-state index in [1.54, 1.807) is 11.8 Å². The third-order valence-corrected chi connectivity index (χ3v) is 6.03. The van der Waals surface area contributed by atoms with Crippen LogP contribution in [-0.4, -0.2) is 0 Å². The molecule has 156 valence electrons. The van der Waals surface area contributed by atoms with Crippen molar-refractivity contribution in [3.63, 3.8) is 0 Å². The van der Waals surface area contributed by atoms with E-state index in [4.69, 9.17) is 8.83 Å². The summed E-state index contributed by atoms with van der Waals surface area (Å²) < 4.78 is 12.0. The zero-order valence-electron chi connectivity index (χ0n) is 18.4. The van der Waals surface area contributed by atoms with Crippen molar-refractivity contribution < 1.29 is 8.83 Å². The molecule has 0 saturated carbocycles. The number of allylic oxidation sites excluding steroid dienone is 3. The van der Waals surface area contributed by atoms with Gasteiger partial charge in [-0.2, -0.15) is 0 Å². The lowest BCUT2D eigenvalue weighted by Crippen LogP contribution is -1.82. The van der Waals surface area contributed by atoms with E-state index in [0.29, 0.717) is 0 Å². The van der Waals surface area contributed by atoms with E-state index in [-0.39, 0.29) is 0 Å². The quantitative estimate of drug-likeness (QED) is 0.227. The summed E-state index contributed by atoms with van der Waals surface area (Å²) in [5, 5.41) is 2.26. The molecule has 2 heterocycles. The minimum Gasteiger partial charge on any atom is -0.461 e. The van der Waals surface area contributed by atoms with Gasteiger partial charge in [0.1, 0.15) is 22.7 Å². The molecular weight excluding hydrogens is 400 g/mol. The second kappa shape index (κ2) is 8.91.